The Morgan fingerprint density at radius 3 is 2.70 bits per heavy atom. The summed E-state index contributed by atoms with van der Waals surface area (Å²) in [5.74, 6) is -1.53. The van der Waals surface area contributed by atoms with Crippen LogP contribution in [0.5, 0.6) is 0 Å². The van der Waals surface area contributed by atoms with Gasteiger partial charge >= 0.3 is 5.97 Å². The zero-order chi connectivity index (χ0) is 14.8. The molecular weight excluding hydrogens is 306 g/mol. The van der Waals surface area contributed by atoms with Gasteiger partial charge in [0.25, 0.3) is 0 Å². The molecule has 0 aromatic heterocycles. The molecular formula is C11H17NO6S2. The largest absolute Gasteiger partial charge is 0.481 e. The number of carboxylic acids is 1. The number of ether oxygens (including phenoxy) is 1. The predicted octanol–water partition coefficient (Wildman–Crippen LogP) is -0.877. The summed E-state index contributed by atoms with van der Waals surface area (Å²) in [6.45, 7) is 0.305. The Labute approximate surface area is 121 Å². The highest BCUT2D eigenvalue weighted by Gasteiger charge is 2.35. The highest BCUT2D eigenvalue weighted by molar-refractivity contribution is 8.02. The average molecular weight is 323 g/mol. The van der Waals surface area contributed by atoms with E-state index >= 15 is 0 Å². The molecule has 0 radical (unpaired) electrons. The molecule has 0 aliphatic carbocycles. The van der Waals surface area contributed by atoms with Crippen molar-refractivity contribution in [3.63, 3.8) is 0 Å². The Kier molecular flexibility index (Phi) is 4.92. The SMILES string of the molecule is O=C(CSC1CCS(=O)(=O)C1)NC1COCC1C(=O)O. The molecule has 114 valence electrons. The molecule has 20 heavy (non-hydrogen) atoms. The van der Waals surface area contributed by atoms with Crippen LogP contribution in [-0.4, -0.2) is 67.2 Å². The van der Waals surface area contributed by atoms with Crippen molar-refractivity contribution < 1.29 is 27.9 Å². The fourth-order valence-electron chi connectivity index (χ4n) is 2.27. The molecule has 2 fully saturated rings. The lowest BCUT2D eigenvalue weighted by atomic mass is 10.0. The molecule has 0 spiro atoms. The van der Waals surface area contributed by atoms with Gasteiger partial charge in [0.2, 0.25) is 5.91 Å². The van der Waals surface area contributed by atoms with Gasteiger partial charge in [-0.3, -0.25) is 9.59 Å². The summed E-state index contributed by atoms with van der Waals surface area (Å²) in [6.07, 6.45) is 0.574. The Bertz CT molecular complexity index is 491. The maximum absolute atomic E-state index is 11.8. The van der Waals surface area contributed by atoms with E-state index in [0.29, 0.717) is 6.42 Å². The van der Waals surface area contributed by atoms with Gasteiger partial charge in [-0.15, -0.1) is 11.8 Å². The van der Waals surface area contributed by atoms with Crippen LogP contribution in [-0.2, 0) is 24.2 Å². The van der Waals surface area contributed by atoms with Gasteiger partial charge in [0, 0.05) is 5.25 Å². The van der Waals surface area contributed by atoms with Crippen LogP contribution in [0.1, 0.15) is 6.42 Å². The fourth-order valence-corrected chi connectivity index (χ4v) is 5.73. The highest BCUT2D eigenvalue weighted by Crippen LogP contribution is 2.24. The first kappa shape index (κ1) is 15.6. The van der Waals surface area contributed by atoms with E-state index in [2.05, 4.69) is 5.32 Å². The second-order valence-corrected chi connectivity index (χ2v) is 8.51. The summed E-state index contributed by atoms with van der Waals surface area (Å²) >= 11 is 1.31. The molecule has 3 unspecified atom stereocenters. The van der Waals surface area contributed by atoms with Gasteiger partial charge in [0.1, 0.15) is 5.92 Å². The molecule has 2 N–H and O–H groups in total. The summed E-state index contributed by atoms with van der Waals surface area (Å²) < 4.78 is 27.6. The first-order chi connectivity index (χ1) is 9.37. The van der Waals surface area contributed by atoms with Crippen LogP contribution in [0.15, 0.2) is 0 Å². The van der Waals surface area contributed by atoms with E-state index < -0.39 is 27.8 Å². The number of carbonyl (C=O) groups is 2. The normalized spacial score (nSPS) is 32.1. The Balaban J connectivity index is 1.74. The molecule has 2 heterocycles. The molecule has 2 aliphatic heterocycles. The van der Waals surface area contributed by atoms with Crippen molar-refractivity contribution in [3.8, 4) is 0 Å². The van der Waals surface area contributed by atoms with Crippen LogP contribution in [0.4, 0.5) is 0 Å². The van der Waals surface area contributed by atoms with Gasteiger partial charge in [0.15, 0.2) is 9.84 Å². The van der Waals surface area contributed by atoms with E-state index in [1.165, 1.54) is 11.8 Å². The minimum atomic E-state index is -2.94. The van der Waals surface area contributed by atoms with E-state index in [1.807, 2.05) is 0 Å². The van der Waals surface area contributed by atoms with Gasteiger partial charge < -0.3 is 15.2 Å². The summed E-state index contributed by atoms with van der Waals surface area (Å²) in [5.41, 5.74) is 0. The van der Waals surface area contributed by atoms with Crippen LogP contribution in [0.2, 0.25) is 0 Å². The number of sulfone groups is 1. The molecule has 2 saturated heterocycles. The molecule has 0 saturated carbocycles. The number of amides is 1. The number of nitrogens with one attached hydrogen (secondary N) is 1. The molecule has 9 heteroatoms. The van der Waals surface area contributed by atoms with E-state index in [0.717, 1.165) is 0 Å². The third-order valence-corrected chi connectivity index (χ3v) is 6.67. The van der Waals surface area contributed by atoms with E-state index in [-0.39, 0.29) is 41.6 Å². The third kappa shape index (κ3) is 4.10. The number of rotatable bonds is 5. The minimum Gasteiger partial charge on any atom is -0.481 e. The zero-order valence-electron chi connectivity index (χ0n) is 10.8. The first-order valence-corrected chi connectivity index (χ1v) is 9.16. The molecule has 2 rings (SSSR count). The summed E-state index contributed by atoms with van der Waals surface area (Å²) in [6, 6.07) is -0.507. The second-order valence-electron chi connectivity index (χ2n) is 4.99. The quantitative estimate of drug-likeness (QED) is 0.676. The van der Waals surface area contributed by atoms with E-state index in [4.69, 9.17) is 9.84 Å². The van der Waals surface area contributed by atoms with Gasteiger partial charge in [-0.05, 0) is 6.42 Å². The molecule has 1 amide bonds. The Hall–Kier alpha value is -0.800. The first-order valence-electron chi connectivity index (χ1n) is 6.29. The van der Waals surface area contributed by atoms with Crippen LogP contribution in [0.25, 0.3) is 0 Å². The van der Waals surface area contributed by atoms with E-state index in [1.54, 1.807) is 0 Å². The number of carboxylic acid groups (broad SMARTS) is 1. The van der Waals surface area contributed by atoms with Crippen LogP contribution in [0.3, 0.4) is 0 Å². The molecule has 3 atom stereocenters. The number of hydrogen-bond donors (Lipinski definition) is 2. The number of thioether (sulfide) groups is 1. The van der Waals surface area contributed by atoms with Gasteiger partial charge in [0.05, 0.1) is 36.5 Å². The highest BCUT2D eigenvalue weighted by atomic mass is 32.2. The topological polar surface area (TPSA) is 110 Å². The van der Waals surface area contributed by atoms with Crippen molar-refractivity contribution in [3.05, 3.63) is 0 Å². The van der Waals surface area contributed by atoms with Crippen molar-refractivity contribution in [2.45, 2.75) is 17.7 Å². The van der Waals surface area contributed by atoms with Crippen LogP contribution < -0.4 is 5.32 Å². The second kappa shape index (κ2) is 6.31. The van der Waals surface area contributed by atoms with Crippen molar-refractivity contribution >= 4 is 33.5 Å². The summed E-state index contributed by atoms with van der Waals surface area (Å²) in [7, 11) is -2.94. The van der Waals surface area contributed by atoms with Crippen molar-refractivity contribution in [1.29, 1.82) is 0 Å². The molecule has 0 bridgehead atoms. The zero-order valence-corrected chi connectivity index (χ0v) is 12.4. The van der Waals surface area contributed by atoms with Crippen LogP contribution >= 0.6 is 11.8 Å². The smallest absolute Gasteiger partial charge is 0.311 e. The van der Waals surface area contributed by atoms with Gasteiger partial charge in [-0.1, -0.05) is 0 Å². The fraction of sp³-hybridized carbons (Fsp3) is 0.818. The summed E-state index contributed by atoms with van der Waals surface area (Å²) in [5, 5.41) is 11.6. The monoisotopic (exact) mass is 323 g/mol. The lowest BCUT2D eigenvalue weighted by molar-refractivity contribution is -0.142. The summed E-state index contributed by atoms with van der Waals surface area (Å²) in [4.78, 5) is 22.7. The predicted molar refractivity (Wildman–Crippen MR) is 73.4 cm³/mol. The number of aliphatic carboxylic acids is 1. The lowest BCUT2D eigenvalue weighted by Crippen LogP contribution is -2.43. The number of hydrogen-bond acceptors (Lipinski definition) is 6. The lowest BCUT2D eigenvalue weighted by Gasteiger charge is -2.16. The van der Waals surface area contributed by atoms with Crippen molar-refractivity contribution in [2.24, 2.45) is 5.92 Å². The maximum Gasteiger partial charge on any atom is 0.311 e. The Morgan fingerprint density at radius 1 is 1.35 bits per heavy atom. The Morgan fingerprint density at radius 2 is 2.10 bits per heavy atom. The molecule has 0 aromatic carbocycles. The van der Waals surface area contributed by atoms with Gasteiger partial charge in [-0.25, -0.2) is 8.42 Å². The minimum absolute atomic E-state index is 0.0409. The molecule has 0 aromatic rings. The molecule has 2 aliphatic rings. The van der Waals surface area contributed by atoms with Crippen LogP contribution in [0, 0.1) is 5.92 Å². The molecule has 7 nitrogen and oxygen atoms in total. The van der Waals surface area contributed by atoms with Crippen molar-refractivity contribution in [1.82, 2.24) is 5.32 Å². The maximum atomic E-state index is 11.8. The standard InChI is InChI=1S/C11H17NO6S2/c13-10(5-19-7-1-2-20(16,17)6-7)12-9-4-18-3-8(9)11(14)15/h7-9H,1-6H2,(H,12,13)(H,14,15). The van der Waals surface area contributed by atoms with Crippen molar-refractivity contribution in [2.75, 3.05) is 30.5 Å². The number of carbonyl (C=O) groups excluding carboxylic acids is 1. The van der Waals surface area contributed by atoms with Gasteiger partial charge in [-0.2, -0.15) is 0 Å². The average Bonchev–Trinajstić information content (AvgIpc) is 2.93. The van der Waals surface area contributed by atoms with E-state index in [9.17, 15) is 18.0 Å². The third-order valence-electron chi connectivity index (χ3n) is 3.38.